The molecule has 0 bridgehead atoms. The number of non-ortho nitro benzene ring substituents is 1. The lowest BCUT2D eigenvalue weighted by Gasteiger charge is -2.30. The number of nitro benzene ring substituents is 1. The number of aromatic nitrogens is 1. The van der Waals surface area contributed by atoms with Gasteiger partial charge >= 0.3 is 0 Å². The highest BCUT2D eigenvalue weighted by Crippen LogP contribution is 2.34. The molecule has 0 unspecified atom stereocenters. The van der Waals surface area contributed by atoms with Crippen LogP contribution in [-0.2, 0) is 10.0 Å². The van der Waals surface area contributed by atoms with Crippen LogP contribution < -0.4 is 4.74 Å². The molecule has 30 heavy (non-hydrogen) atoms. The third-order valence-corrected chi connectivity index (χ3v) is 8.23. The van der Waals surface area contributed by atoms with Gasteiger partial charge in [-0.3, -0.25) is 10.1 Å². The van der Waals surface area contributed by atoms with Crippen LogP contribution in [0.15, 0.2) is 41.3 Å². The highest BCUT2D eigenvalue weighted by Gasteiger charge is 2.31. The number of aryl methyl sites for hydroxylation is 2. The summed E-state index contributed by atoms with van der Waals surface area (Å²) in [5.41, 5.74) is 2.96. The second-order valence-corrected chi connectivity index (χ2v) is 10.2. The van der Waals surface area contributed by atoms with Gasteiger partial charge in [0.05, 0.1) is 20.0 Å². The summed E-state index contributed by atoms with van der Waals surface area (Å²) in [7, 11) is -3.79. The molecule has 0 spiro atoms. The van der Waals surface area contributed by atoms with E-state index in [-0.39, 0.29) is 16.7 Å². The predicted octanol–water partition coefficient (Wildman–Crippen LogP) is 4.05. The number of ether oxygens (including phenoxy) is 1. The van der Waals surface area contributed by atoms with E-state index in [1.165, 1.54) is 33.8 Å². The van der Waals surface area contributed by atoms with Gasteiger partial charge in [0.25, 0.3) is 10.9 Å². The van der Waals surface area contributed by atoms with Gasteiger partial charge in [-0.15, -0.1) is 0 Å². The van der Waals surface area contributed by atoms with Crippen molar-refractivity contribution >= 4 is 37.3 Å². The molecule has 1 aliphatic heterocycles. The standard InChI is InChI=1S/C20H21N3O5S2/c1-13-6-7-14(2)19-18(13)21-20(29-19)28-16-8-10-22(11-9-16)30(26,27)17-5-3-4-15(12-17)23(24)25/h3-7,12,16H,8-11H2,1-2H3. The van der Waals surface area contributed by atoms with Crippen LogP contribution in [-0.4, -0.2) is 41.8 Å². The van der Waals surface area contributed by atoms with Crippen LogP contribution in [0.1, 0.15) is 24.0 Å². The van der Waals surface area contributed by atoms with Crippen molar-refractivity contribution in [2.24, 2.45) is 0 Å². The quantitative estimate of drug-likeness (QED) is 0.432. The van der Waals surface area contributed by atoms with Gasteiger partial charge in [0.1, 0.15) is 6.10 Å². The molecule has 0 radical (unpaired) electrons. The number of benzene rings is 2. The maximum Gasteiger partial charge on any atom is 0.274 e. The number of sulfonamides is 1. The molecule has 0 aliphatic carbocycles. The van der Waals surface area contributed by atoms with Crippen molar-refractivity contribution in [1.29, 1.82) is 0 Å². The lowest BCUT2D eigenvalue weighted by molar-refractivity contribution is -0.385. The summed E-state index contributed by atoms with van der Waals surface area (Å²) in [6.07, 6.45) is 0.937. The highest BCUT2D eigenvalue weighted by molar-refractivity contribution is 7.89. The summed E-state index contributed by atoms with van der Waals surface area (Å²) >= 11 is 1.51. The van der Waals surface area contributed by atoms with Gasteiger partial charge in [0.15, 0.2) is 0 Å². The van der Waals surface area contributed by atoms with Crippen LogP contribution in [0.2, 0.25) is 0 Å². The molecule has 2 aromatic carbocycles. The summed E-state index contributed by atoms with van der Waals surface area (Å²) in [4.78, 5) is 14.9. The molecular weight excluding hydrogens is 426 g/mol. The maximum atomic E-state index is 12.9. The largest absolute Gasteiger partial charge is 0.467 e. The fourth-order valence-electron chi connectivity index (χ4n) is 3.53. The van der Waals surface area contributed by atoms with E-state index in [2.05, 4.69) is 11.1 Å². The summed E-state index contributed by atoms with van der Waals surface area (Å²) in [6, 6.07) is 9.26. The molecule has 0 N–H and O–H groups in total. The molecule has 0 saturated carbocycles. The number of hydrogen-bond donors (Lipinski definition) is 0. The number of nitrogens with zero attached hydrogens (tertiary/aromatic N) is 3. The molecule has 2 heterocycles. The minimum atomic E-state index is -3.79. The smallest absolute Gasteiger partial charge is 0.274 e. The lowest BCUT2D eigenvalue weighted by Crippen LogP contribution is -2.41. The molecule has 158 valence electrons. The van der Waals surface area contributed by atoms with Gasteiger partial charge in [-0.2, -0.15) is 4.31 Å². The summed E-state index contributed by atoms with van der Waals surface area (Å²) in [6.45, 7) is 4.64. The van der Waals surface area contributed by atoms with E-state index in [0.717, 1.165) is 27.4 Å². The molecule has 10 heteroatoms. The minimum absolute atomic E-state index is 0.0619. The lowest BCUT2D eigenvalue weighted by atomic mass is 10.1. The first-order valence-corrected chi connectivity index (χ1v) is 11.8. The first kappa shape index (κ1) is 20.7. The van der Waals surface area contributed by atoms with Gasteiger partial charge in [0, 0.05) is 25.2 Å². The Morgan fingerprint density at radius 2 is 1.87 bits per heavy atom. The number of thiazole rings is 1. The summed E-state index contributed by atoms with van der Waals surface area (Å²) in [5, 5.41) is 11.6. The normalized spacial score (nSPS) is 16.1. The van der Waals surface area contributed by atoms with E-state index in [9.17, 15) is 18.5 Å². The molecule has 0 atom stereocenters. The van der Waals surface area contributed by atoms with Gasteiger partial charge < -0.3 is 4.74 Å². The third kappa shape index (κ3) is 3.90. The summed E-state index contributed by atoms with van der Waals surface area (Å²) in [5.74, 6) is 0. The van der Waals surface area contributed by atoms with Gasteiger partial charge in [-0.25, -0.2) is 13.4 Å². The van der Waals surface area contributed by atoms with Crippen LogP contribution in [0.5, 0.6) is 5.19 Å². The minimum Gasteiger partial charge on any atom is -0.467 e. The van der Waals surface area contributed by atoms with Crippen molar-refractivity contribution in [2.75, 3.05) is 13.1 Å². The summed E-state index contributed by atoms with van der Waals surface area (Å²) < 4.78 is 34.3. The van der Waals surface area contributed by atoms with Crippen LogP contribution in [0.3, 0.4) is 0 Å². The van der Waals surface area contributed by atoms with Crippen molar-refractivity contribution in [3.8, 4) is 5.19 Å². The zero-order valence-corrected chi connectivity index (χ0v) is 18.2. The molecule has 1 saturated heterocycles. The van der Waals surface area contributed by atoms with Gasteiger partial charge in [0.2, 0.25) is 10.0 Å². The van der Waals surface area contributed by atoms with E-state index < -0.39 is 14.9 Å². The molecular formula is C20H21N3O5S2. The molecule has 3 aromatic rings. The topological polar surface area (TPSA) is 103 Å². The van der Waals surface area contributed by atoms with Crippen LogP contribution >= 0.6 is 11.3 Å². The molecule has 1 aromatic heterocycles. The molecule has 1 fully saturated rings. The SMILES string of the molecule is Cc1ccc(C)c2sc(OC3CCN(S(=O)(=O)c4cccc([N+](=O)[O-])c4)CC3)nc12. The Morgan fingerprint density at radius 3 is 2.53 bits per heavy atom. The van der Waals surface area contributed by atoms with E-state index in [1.54, 1.807) is 0 Å². The highest BCUT2D eigenvalue weighted by atomic mass is 32.2. The molecule has 4 rings (SSSR count). The fraction of sp³-hybridized carbons (Fsp3) is 0.350. The van der Waals surface area contributed by atoms with E-state index in [1.807, 2.05) is 19.9 Å². The zero-order valence-electron chi connectivity index (χ0n) is 16.6. The average Bonchev–Trinajstić information content (AvgIpc) is 3.16. The molecule has 8 nitrogen and oxygen atoms in total. The Balaban J connectivity index is 1.45. The van der Waals surface area contributed by atoms with E-state index in [4.69, 9.17) is 4.74 Å². The molecule has 0 amide bonds. The number of nitro groups is 1. The number of hydrogen-bond acceptors (Lipinski definition) is 7. The maximum absolute atomic E-state index is 12.9. The Morgan fingerprint density at radius 1 is 1.17 bits per heavy atom. The average molecular weight is 448 g/mol. The predicted molar refractivity (Wildman–Crippen MR) is 115 cm³/mol. The Kier molecular flexibility index (Phi) is 5.48. The first-order chi connectivity index (χ1) is 14.3. The van der Waals surface area contributed by atoms with Crippen molar-refractivity contribution in [3.05, 3.63) is 57.6 Å². The van der Waals surface area contributed by atoms with Crippen molar-refractivity contribution in [2.45, 2.75) is 37.7 Å². The van der Waals surface area contributed by atoms with Gasteiger partial charge in [-0.05, 0) is 43.9 Å². The third-order valence-electron chi connectivity index (χ3n) is 5.26. The Bertz CT molecular complexity index is 1180. The second-order valence-electron chi connectivity index (χ2n) is 7.33. The van der Waals surface area contributed by atoms with Crippen molar-refractivity contribution < 1.29 is 18.1 Å². The number of rotatable bonds is 5. The number of piperidine rings is 1. The van der Waals surface area contributed by atoms with Crippen LogP contribution in [0, 0.1) is 24.0 Å². The van der Waals surface area contributed by atoms with E-state index >= 15 is 0 Å². The monoisotopic (exact) mass is 447 g/mol. The fourth-order valence-corrected chi connectivity index (χ4v) is 6.07. The zero-order chi connectivity index (χ0) is 21.5. The first-order valence-electron chi connectivity index (χ1n) is 9.54. The Hall–Kier alpha value is -2.56. The van der Waals surface area contributed by atoms with Crippen LogP contribution in [0.25, 0.3) is 10.2 Å². The van der Waals surface area contributed by atoms with E-state index in [0.29, 0.717) is 31.1 Å². The van der Waals surface area contributed by atoms with Gasteiger partial charge in [-0.1, -0.05) is 29.5 Å². The van der Waals surface area contributed by atoms with Crippen LogP contribution in [0.4, 0.5) is 5.69 Å². The molecule has 1 aliphatic rings. The van der Waals surface area contributed by atoms with Crippen molar-refractivity contribution in [1.82, 2.24) is 9.29 Å². The second kappa shape index (κ2) is 7.93. The Labute approximate surface area is 178 Å². The van der Waals surface area contributed by atoms with Crippen molar-refractivity contribution in [3.63, 3.8) is 0 Å². The number of fused-ring (bicyclic) bond motifs is 1.